The van der Waals surface area contributed by atoms with Crippen LogP contribution in [0.2, 0.25) is 0 Å². The summed E-state index contributed by atoms with van der Waals surface area (Å²) < 4.78 is 0. The molecule has 1 aromatic carbocycles. The summed E-state index contributed by atoms with van der Waals surface area (Å²) in [6.45, 7) is 11.1. The molecule has 0 bridgehead atoms. The minimum absolute atomic E-state index is 0.192. The molecule has 0 aliphatic rings. The number of rotatable bonds is 4. The Labute approximate surface area is 106 Å². The van der Waals surface area contributed by atoms with Gasteiger partial charge in [0.15, 0.2) is 0 Å². The van der Waals surface area contributed by atoms with Gasteiger partial charge in [0.1, 0.15) is 0 Å². The molecule has 1 atom stereocenters. The van der Waals surface area contributed by atoms with Gasteiger partial charge in [-0.25, -0.2) is 0 Å². The van der Waals surface area contributed by atoms with Crippen LogP contribution in [0.1, 0.15) is 69.7 Å². The highest BCUT2D eigenvalue weighted by molar-refractivity contribution is 5.36. The number of hydrogen-bond donors (Lipinski definition) is 1. The molecule has 0 amide bonds. The number of benzene rings is 1. The topological polar surface area (TPSA) is 26.0 Å². The third-order valence-corrected chi connectivity index (χ3v) is 3.41. The minimum atomic E-state index is 0.192. The number of unbranched alkanes of at least 4 members (excludes halogenated alkanes) is 1. The van der Waals surface area contributed by atoms with E-state index in [2.05, 4.69) is 52.8 Å². The monoisotopic (exact) mass is 233 g/mol. The zero-order valence-electron chi connectivity index (χ0n) is 12.0. The first-order valence-electron chi connectivity index (χ1n) is 6.73. The Morgan fingerprint density at radius 3 is 2.41 bits per heavy atom. The van der Waals surface area contributed by atoms with E-state index in [1.165, 1.54) is 29.5 Å². The molecule has 0 aliphatic carbocycles. The SMILES string of the molecule is CCCCC(N)c1cc(C(C)(C)C)ccc1C. The van der Waals surface area contributed by atoms with Gasteiger partial charge in [-0.15, -0.1) is 0 Å². The summed E-state index contributed by atoms with van der Waals surface area (Å²) in [6, 6.07) is 6.93. The number of hydrogen-bond acceptors (Lipinski definition) is 1. The summed E-state index contributed by atoms with van der Waals surface area (Å²) in [4.78, 5) is 0. The van der Waals surface area contributed by atoms with Gasteiger partial charge in [-0.2, -0.15) is 0 Å². The van der Waals surface area contributed by atoms with Crippen molar-refractivity contribution >= 4 is 0 Å². The lowest BCUT2D eigenvalue weighted by Gasteiger charge is -2.23. The van der Waals surface area contributed by atoms with Crippen LogP contribution in [0.5, 0.6) is 0 Å². The average molecular weight is 233 g/mol. The highest BCUT2D eigenvalue weighted by atomic mass is 14.6. The molecular weight excluding hydrogens is 206 g/mol. The minimum Gasteiger partial charge on any atom is -0.324 e. The fourth-order valence-corrected chi connectivity index (χ4v) is 2.09. The lowest BCUT2D eigenvalue weighted by atomic mass is 9.84. The number of nitrogens with two attached hydrogens (primary N) is 1. The molecule has 1 unspecified atom stereocenters. The first-order chi connectivity index (χ1) is 7.86. The Balaban J connectivity index is 2.98. The van der Waals surface area contributed by atoms with E-state index in [0.717, 1.165) is 6.42 Å². The fourth-order valence-electron chi connectivity index (χ4n) is 2.09. The second kappa shape index (κ2) is 5.68. The molecule has 0 aliphatic heterocycles. The highest BCUT2D eigenvalue weighted by Crippen LogP contribution is 2.28. The molecule has 1 nitrogen and oxygen atoms in total. The maximum absolute atomic E-state index is 6.29. The van der Waals surface area contributed by atoms with E-state index >= 15 is 0 Å². The van der Waals surface area contributed by atoms with Gasteiger partial charge in [0.25, 0.3) is 0 Å². The van der Waals surface area contributed by atoms with E-state index in [1.807, 2.05) is 0 Å². The van der Waals surface area contributed by atoms with Gasteiger partial charge in [0.2, 0.25) is 0 Å². The molecule has 0 aromatic heterocycles. The maximum Gasteiger partial charge on any atom is 0.0297 e. The van der Waals surface area contributed by atoms with E-state index in [4.69, 9.17) is 5.73 Å². The molecule has 1 aromatic rings. The summed E-state index contributed by atoms with van der Waals surface area (Å²) in [7, 11) is 0. The third kappa shape index (κ3) is 3.85. The predicted octanol–water partition coefficient (Wildman–Crippen LogP) is 4.48. The largest absolute Gasteiger partial charge is 0.324 e. The van der Waals surface area contributed by atoms with Gasteiger partial charge < -0.3 is 5.73 Å². The summed E-state index contributed by atoms with van der Waals surface area (Å²) in [5.74, 6) is 0. The Kier molecular flexibility index (Phi) is 4.76. The lowest BCUT2D eigenvalue weighted by molar-refractivity contribution is 0.577. The molecule has 0 fully saturated rings. The van der Waals surface area contributed by atoms with Crippen LogP contribution >= 0.6 is 0 Å². The molecule has 1 rings (SSSR count). The molecule has 17 heavy (non-hydrogen) atoms. The van der Waals surface area contributed by atoms with E-state index < -0.39 is 0 Å². The predicted molar refractivity (Wildman–Crippen MR) is 76.3 cm³/mol. The molecule has 0 saturated carbocycles. The van der Waals surface area contributed by atoms with E-state index in [0.29, 0.717) is 0 Å². The molecule has 0 spiro atoms. The third-order valence-electron chi connectivity index (χ3n) is 3.41. The second-order valence-electron chi connectivity index (χ2n) is 6.07. The van der Waals surface area contributed by atoms with Crippen LogP contribution in [0, 0.1) is 6.92 Å². The van der Waals surface area contributed by atoms with Crippen LogP contribution in [-0.2, 0) is 5.41 Å². The van der Waals surface area contributed by atoms with Crippen LogP contribution in [-0.4, -0.2) is 0 Å². The van der Waals surface area contributed by atoms with Crippen molar-refractivity contribution < 1.29 is 0 Å². The van der Waals surface area contributed by atoms with Gasteiger partial charge >= 0.3 is 0 Å². The Morgan fingerprint density at radius 1 is 1.24 bits per heavy atom. The van der Waals surface area contributed by atoms with Gasteiger partial charge in [-0.1, -0.05) is 58.7 Å². The quantitative estimate of drug-likeness (QED) is 0.815. The first kappa shape index (κ1) is 14.2. The van der Waals surface area contributed by atoms with Crippen molar-refractivity contribution in [2.24, 2.45) is 5.73 Å². The second-order valence-corrected chi connectivity index (χ2v) is 6.07. The Hall–Kier alpha value is -0.820. The van der Waals surface area contributed by atoms with E-state index in [9.17, 15) is 0 Å². The molecule has 2 N–H and O–H groups in total. The molecule has 0 saturated heterocycles. The lowest BCUT2D eigenvalue weighted by Crippen LogP contribution is -2.16. The van der Waals surface area contributed by atoms with Crippen molar-refractivity contribution in [3.63, 3.8) is 0 Å². The zero-order valence-corrected chi connectivity index (χ0v) is 12.0. The Bertz CT molecular complexity index is 360. The smallest absolute Gasteiger partial charge is 0.0297 e. The molecule has 1 heteroatoms. The average Bonchev–Trinajstić information content (AvgIpc) is 2.24. The molecule has 0 heterocycles. The van der Waals surface area contributed by atoms with Crippen molar-refractivity contribution in [1.29, 1.82) is 0 Å². The van der Waals surface area contributed by atoms with Crippen molar-refractivity contribution in [3.05, 3.63) is 34.9 Å². The van der Waals surface area contributed by atoms with Crippen LogP contribution in [0.25, 0.3) is 0 Å². The summed E-state index contributed by atoms with van der Waals surface area (Å²) >= 11 is 0. The summed E-state index contributed by atoms with van der Waals surface area (Å²) in [6.07, 6.45) is 3.51. The first-order valence-corrected chi connectivity index (χ1v) is 6.73. The Morgan fingerprint density at radius 2 is 1.88 bits per heavy atom. The summed E-state index contributed by atoms with van der Waals surface area (Å²) in [5.41, 5.74) is 10.5. The van der Waals surface area contributed by atoms with E-state index in [1.54, 1.807) is 0 Å². The van der Waals surface area contributed by atoms with Crippen molar-refractivity contribution in [3.8, 4) is 0 Å². The summed E-state index contributed by atoms with van der Waals surface area (Å²) in [5, 5.41) is 0. The molecule has 0 radical (unpaired) electrons. The van der Waals surface area contributed by atoms with Crippen LogP contribution < -0.4 is 5.73 Å². The van der Waals surface area contributed by atoms with Gasteiger partial charge in [0, 0.05) is 6.04 Å². The van der Waals surface area contributed by atoms with E-state index in [-0.39, 0.29) is 11.5 Å². The van der Waals surface area contributed by atoms with Gasteiger partial charge in [-0.05, 0) is 35.4 Å². The maximum atomic E-state index is 6.29. The fraction of sp³-hybridized carbons (Fsp3) is 0.625. The molecular formula is C16H27N. The van der Waals surface area contributed by atoms with Crippen LogP contribution in [0.15, 0.2) is 18.2 Å². The molecule has 96 valence electrons. The van der Waals surface area contributed by atoms with Crippen LogP contribution in [0.3, 0.4) is 0 Å². The van der Waals surface area contributed by atoms with Crippen molar-refractivity contribution in [2.45, 2.75) is 65.3 Å². The normalized spacial score (nSPS) is 13.8. The van der Waals surface area contributed by atoms with Gasteiger partial charge in [0.05, 0.1) is 0 Å². The van der Waals surface area contributed by atoms with Crippen LogP contribution in [0.4, 0.5) is 0 Å². The zero-order chi connectivity index (χ0) is 13.1. The highest BCUT2D eigenvalue weighted by Gasteiger charge is 2.16. The van der Waals surface area contributed by atoms with Crippen molar-refractivity contribution in [2.75, 3.05) is 0 Å². The van der Waals surface area contributed by atoms with Gasteiger partial charge in [-0.3, -0.25) is 0 Å². The number of aryl methyl sites for hydroxylation is 1. The standard InChI is InChI=1S/C16H27N/c1-6-7-8-15(17)14-11-13(16(3,4)5)10-9-12(14)2/h9-11,15H,6-8,17H2,1-5H3. The van der Waals surface area contributed by atoms with Crippen molar-refractivity contribution in [1.82, 2.24) is 0 Å².